The monoisotopic (exact) mass is 248 g/mol. The third kappa shape index (κ3) is 2.65. The molecule has 3 rings (SSSR count). The molecule has 0 saturated carbocycles. The summed E-state index contributed by atoms with van der Waals surface area (Å²) in [7, 11) is 0. The normalized spacial score (nSPS) is 20.1. The van der Waals surface area contributed by atoms with Crippen molar-refractivity contribution in [3.05, 3.63) is 29.3 Å². The molecule has 1 atom stereocenters. The summed E-state index contributed by atoms with van der Waals surface area (Å²) in [6.07, 6.45) is 1.19. The Labute approximate surface area is 105 Å². The summed E-state index contributed by atoms with van der Waals surface area (Å²) in [5.74, 6) is 0.685. The average molecular weight is 248 g/mol. The van der Waals surface area contributed by atoms with Crippen LogP contribution in [0.25, 0.3) is 10.2 Å². The lowest BCUT2D eigenvalue weighted by molar-refractivity contribution is 0.185. The summed E-state index contributed by atoms with van der Waals surface area (Å²) in [6, 6.07) is 8.30. The summed E-state index contributed by atoms with van der Waals surface area (Å²) in [6.45, 7) is 3.74. The number of benzene rings is 1. The lowest BCUT2D eigenvalue weighted by Crippen LogP contribution is -2.22. The number of nitrogens with one attached hydrogen (secondary N) is 1. The number of nitrogens with zero attached hydrogens (tertiary/aromatic N) is 1. The van der Waals surface area contributed by atoms with Gasteiger partial charge in [-0.15, -0.1) is 11.3 Å². The van der Waals surface area contributed by atoms with Gasteiger partial charge < -0.3 is 10.1 Å². The van der Waals surface area contributed by atoms with Crippen molar-refractivity contribution in [1.82, 2.24) is 10.3 Å². The largest absolute Gasteiger partial charge is 0.381 e. The average Bonchev–Trinajstić information content (AvgIpc) is 2.96. The Morgan fingerprint density at radius 1 is 1.41 bits per heavy atom. The molecule has 1 aliphatic rings. The molecule has 0 spiro atoms. The summed E-state index contributed by atoms with van der Waals surface area (Å²) in [5.41, 5.74) is 1.11. The highest BCUT2D eigenvalue weighted by Gasteiger charge is 2.14. The molecule has 1 fully saturated rings. The van der Waals surface area contributed by atoms with Crippen molar-refractivity contribution in [2.45, 2.75) is 13.0 Å². The molecule has 0 radical (unpaired) electrons. The van der Waals surface area contributed by atoms with E-state index in [9.17, 15) is 0 Å². The predicted octanol–water partition coefficient (Wildman–Crippen LogP) is 2.42. The minimum Gasteiger partial charge on any atom is -0.381 e. The molecule has 1 aromatic carbocycles. The number of hydrogen-bond donors (Lipinski definition) is 1. The summed E-state index contributed by atoms with van der Waals surface area (Å²) in [4.78, 5) is 4.60. The van der Waals surface area contributed by atoms with Crippen molar-refractivity contribution in [2.75, 3.05) is 19.8 Å². The zero-order chi connectivity index (χ0) is 11.5. The topological polar surface area (TPSA) is 34.1 Å². The lowest BCUT2D eigenvalue weighted by atomic mass is 10.1. The second-order valence-corrected chi connectivity index (χ2v) is 5.55. The molecule has 1 saturated heterocycles. The Balaban J connectivity index is 1.57. The maximum absolute atomic E-state index is 5.35. The molecule has 0 aliphatic carbocycles. The fourth-order valence-corrected chi connectivity index (χ4v) is 3.06. The van der Waals surface area contributed by atoms with Crippen LogP contribution < -0.4 is 5.32 Å². The van der Waals surface area contributed by atoms with Crippen LogP contribution in [0, 0.1) is 5.92 Å². The van der Waals surface area contributed by atoms with Gasteiger partial charge in [0.15, 0.2) is 0 Å². The van der Waals surface area contributed by atoms with Gasteiger partial charge in [-0.2, -0.15) is 0 Å². The van der Waals surface area contributed by atoms with E-state index in [0.717, 1.165) is 31.8 Å². The predicted molar refractivity (Wildman–Crippen MR) is 70.3 cm³/mol. The van der Waals surface area contributed by atoms with Gasteiger partial charge in [-0.05, 0) is 24.5 Å². The van der Waals surface area contributed by atoms with E-state index in [4.69, 9.17) is 4.74 Å². The van der Waals surface area contributed by atoms with E-state index < -0.39 is 0 Å². The molecule has 1 aromatic heterocycles. The van der Waals surface area contributed by atoms with E-state index in [1.165, 1.54) is 16.1 Å². The minimum absolute atomic E-state index is 0.685. The van der Waals surface area contributed by atoms with Crippen LogP contribution in [0.4, 0.5) is 0 Å². The number of para-hydroxylation sites is 1. The highest BCUT2D eigenvalue weighted by atomic mass is 32.1. The second-order valence-electron chi connectivity index (χ2n) is 4.44. The van der Waals surface area contributed by atoms with Crippen LogP contribution in [0.5, 0.6) is 0 Å². The number of thiazole rings is 1. The number of rotatable bonds is 4. The van der Waals surface area contributed by atoms with Gasteiger partial charge in [-0.3, -0.25) is 0 Å². The first kappa shape index (κ1) is 11.1. The first-order chi connectivity index (χ1) is 8.42. The molecular weight excluding hydrogens is 232 g/mol. The second kappa shape index (κ2) is 5.12. The molecule has 1 N–H and O–H groups in total. The maximum Gasteiger partial charge on any atom is 0.108 e. The quantitative estimate of drug-likeness (QED) is 0.902. The fourth-order valence-electron chi connectivity index (χ4n) is 2.12. The Morgan fingerprint density at radius 3 is 3.18 bits per heavy atom. The molecule has 2 heterocycles. The van der Waals surface area contributed by atoms with Gasteiger partial charge in [-0.1, -0.05) is 12.1 Å². The Morgan fingerprint density at radius 2 is 2.35 bits per heavy atom. The van der Waals surface area contributed by atoms with Crippen molar-refractivity contribution >= 4 is 21.6 Å². The van der Waals surface area contributed by atoms with Gasteiger partial charge in [0.2, 0.25) is 0 Å². The minimum atomic E-state index is 0.685. The maximum atomic E-state index is 5.35. The van der Waals surface area contributed by atoms with Crippen molar-refractivity contribution in [2.24, 2.45) is 5.92 Å². The lowest BCUT2D eigenvalue weighted by Gasteiger charge is -2.07. The number of hydrogen-bond acceptors (Lipinski definition) is 4. The van der Waals surface area contributed by atoms with Gasteiger partial charge in [0.25, 0.3) is 0 Å². The highest BCUT2D eigenvalue weighted by Crippen LogP contribution is 2.21. The molecule has 2 aromatic rings. The van der Waals surface area contributed by atoms with E-state index in [0.29, 0.717) is 5.92 Å². The smallest absolute Gasteiger partial charge is 0.108 e. The molecule has 0 bridgehead atoms. The Hall–Kier alpha value is -0.970. The number of ether oxygens (including phenoxy) is 1. The standard InChI is InChI=1S/C13H16N2OS/c1-2-4-12-11(3-1)15-13(17-12)8-14-7-10-5-6-16-9-10/h1-4,10,14H,5-9H2. The van der Waals surface area contributed by atoms with Crippen LogP contribution in [0.3, 0.4) is 0 Å². The van der Waals surface area contributed by atoms with E-state index in [1.54, 1.807) is 11.3 Å². The molecule has 17 heavy (non-hydrogen) atoms. The third-order valence-corrected chi connectivity index (χ3v) is 4.11. The highest BCUT2D eigenvalue weighted by molar-refractivity contribution is 7.18. The van der Waals surface area contributed by atoms with Crippen LogP contribution in [-0.4, -0.2) is 24.7 Å². The number of fused-ring (bicyclic) bond motifs is 1. The van der Waals surface area contributed by atoms with Crippen LogP contribution >= 0.6 is 11.3 Å². The van der Waals surface area contributed by atoms with E-state index >= 15 is 0 Å². The molecule has 3 nitrogen and oxygen atoms in total. The zero-order valence-electron chi connectivity index (χ0n) is 9.69. The molecule has 1 aliphatic heterocycles. The van der Waals surface area contributed by atoms with Crippen LogP contribution in [0.15, 0.2) is 24.3 Å². The van der Waals surface area contributed by atoms with Crippen LogP contribution in [-0.2, 0) is 11.3 Å². The van der Waals surface area contributed by atoms with E-state index in [1.807, 2.05) is 6.07 Å². The third-order valence-electron chi connectivity index (χ3n) is 3.07. The first-order valence-corrected chi connectivity index (χ1v) is 6.86. The van der Waals surface area contributed by atoms with Gasteiger partial charge in [0.05, 0.1) is 16.8 Å². The van der Waals surface area contributed by atoms with Crippen molar-refractivity contribution in [3.63, 3.8) is 0 Å². The van der Waals surface area contributed by atoms with Crippen LogP contribution in [0.1, 0.15) is 11.4 Å². The van der Waals surface area contributed by atoms with Crippen molar-refractivity contribution in [3.8, 4) is 0 Å². The van der Waals surface area contributed by atoms with Crippen LogP contribution in [0.2, 0.25) is 0 Å². The van der Waals surface area contributed by atoms with Gasteiger partial charge in [-0.25, -0.2) is 4.98 Å². The summed E-state index contributed by atoms with van der Waals surface area (Å²) in [5, 5.41) is 4.64. The Kier molecular flexibility index (Phi) is 3.36. The fraction of sp³-hybridized carbons (Fsp3) is 0.462. The molecule has 90 valence electrons. The summed E-state index contributed by atoms with van der Waals surface area (Å²) < 4.78 is 6.63. The van der Waals surface area contributed by atoms with Gasteiger partial charge >= 0.3 is 0 Å². The summed E-state index contributed by atoms with van der Waals surface area (Å²) >= 11 is 1.77. The molecule has 1 unspecified atom stereocenters. The van der Waals surface area contributed by atoms with E-state index in [2.05, 4.69) is 28.5 Å². The molecular formula is C13H16N2OS. The van der Waals surface area contributed by atoms with Gasteiger partial charge in [0, 0.05) is 19.7 Å². The van der Waals surface area contributed by atoms with Crippen molar-refractivity contribution in [1.29, 1.82) is 0 Å². The number of aromatic nitrogens is 1. The van der Waals surface area contributed by atoms with Crippen molar-refractivity contribution < 1.29 is 4.74 Å². The van der Waals surface area contributed by atoms with Gasteiger partial charge in [0.1, 0.15) is 5.01 Å². The Bertz CT molecular complexity index is 458. The first-order valence-electron chi connectivity index (χ1n) is 6.05. The molecule has 0 amide bonds. The van der Waals surface area contributed by atoms with E-state index in [-0.39, 0.29) is 0 Å². The zero-order valence-corrected chi connectivity index (χ0v) is 10.5. The molecule has 4 heteroatoms. The SMILES string of the molecule is c1ccc2sc(CNCC3CCOC3)nc2c1.